The van der Waals surface area contributed by atoms with Crippen molar-refractivity contribution in [3.05, 3.63) is 200 Å². The molecule has 0 bridgehead atoms. The van der Waals surface area contributed by atoms with Gasteiger partial charge in [-0.25, -0.2) is 0 Å². The van der Waals surface area contributed by atoms with E-state index >= 15 is 0 Å². The molecular formula is C53H37N3. The van der Waals surface area contributed by atoms with Crippen molar-refractivity contribution in [2.75, 3.05) is 4.90 Å². The Morgan fingerprint density at radius 1 is 0.321 bits per heavy atom. The summed E-state index contributed by atoms with van der Waals surface area (Å²) in [6.45, 7) is 0. The van der Waals surface area contributed by atoms with Gasteiger partial charge in [0.25, 0.3) is 0 Å². The molecule has 9 aromatic carbocycles. The highest BCUT2D eigenvalue weighted by molar-refractivity contribution is 6.24. The second-order valence-corrected chi connectivity index (χ2v) is 14.6. The second-order valence-electron chi connectivity index (χ2n) is 14.6. The van der Waals surface area contributed by atoms with Gasteiger partial charge in [-0.05, 0) is 98.4 Å². The van der Waals surface area contributed by atoms with E-state index in [9.17, 15) is 0 Å². The van der Waals surface area contributed by atoms with Crippen LogP contribution in [0.1, 0.15) is 7.43 Å². The summed E-state index contributed by atoms with van der Waals surface area (Å²) in [5, 5.41) is 8.92. The van der Waals surface area contributed by atoms with Crippen molar-refractivity contribution in [2.45, 2.75) is 7.43 Å². The zero-order valence-corrected chi connectivity index (χ0v) is 29.9. The molecule has 3 aromatic heterocycles. The number of rotatable bonds is 5. The van der Waals surface area contributed by atoms with Gasteiger partial charge in [-0.2, -0.15) is 0 Å². The Morgan fingerprint density at radius 2 is 0.750 bits per heavy atom. The number of benzene rings is 9. The Kier molecular flexibility index (Phi) is 7.07. The van der Waals surface area contributed by atoms with Gasteiger partial charge in [0.2, 0.25) is 0 Å². The van der Waals surface area contributed by atoms with Crippen LogP contribution in [-0.2, 0) is 0 Å². The molecule has 264 valence electrons. The lowest BCUT2D eigenvalue weighted by Gasteiger charge is -2.26. The lowest BCUT2D eigenvalue weighted by molar-refractivity contribution is 1.28. The molecule has 0 unspecified atom stereocenters. The summed E-state index contributed by atoms with van der Waals surface area (Å²) >= 11 is 0. The molecule has 0 radical (unpaired) electrons. The van der Waals surface area contributed by atoms with E-state index in [1.54, 1.807) is 0 Å². The highest BCUT2D eigenvalue weighted by Gasteiger charge is 2.23. The van der Waals surface area contributed by atoms with E-state index in [-0.39, 0.29) is 7.43 Å². The fourth-order valence-corrected chi connectivity index (χ4v) is 9.19. The maximum atomic E-state index is 2.47. The normalized spacial score (nSPS) is 11.8. The maximum Gasteiger partial charge on any atom is 0.131 e. The smallest absolute Gasteiger partial charge is 0.131 e. The standard InChI is InChI=1S/C52H33N3.CH4/c1-3-15-41-34(11-1)13-9-19-43(41)36-23-27-38(28-24-36)53(39-29-25-37(26-30-39)44-20-10-14-35-12-2-4-16-42(35)44)40-31-32-49-50(33-40)55-48-22-8-6-18-46(48)51-45-17-5-7-21-47(45)54(49)52(51)55;/h1-33H;1H4. The highest BCUT2D eigenvalue weighted by Crippen LogP contribution is 2.44. The number of hydrogen-bond donors (Lipinski definition) is 0. The van der Waals surface area contributed by atoms with Crippen LogP contribution in [0.15, 0.2) is 200 Å². The van der Waals surface area contributed by atoms with Gasteiger partial charge in [-0.1, -0.05) is 153 Å². The van der Waals surface area contributed by atoms with Gasteiger partial charge in [0.05, 0.1) is 22.1 Å². The molecule has 3 heterocycles. The third-order valence-electron chi connectivity index (χ3n) is 11.6. The van der Waals surface area contributed by atoms with Crippen LogP contribution in [0.5, 0.6) is 0 Å². The molecule has 12 aromatic rings. The summed E-state index contributed by atoms with van der Waals surface area (Å²) in [7, 11) is 0. The van der Waals surface area contributed by atoms with Crippen molar-refractivity contribution in [1.29, 1.82) is 0 Å². The number of para-hydroxylation sites is 2. The summed E-state index contributed by atoms with van der Waals surface area (Å²) in [4.78, 5) is 2.40. The Morgan fingerprint density at radius 3 is 1.29 bits per heavy atom. The summed E-state index contributed by atoms with van der Waals surface area (Å²) < 4.78 is 4.92. The fraction of sp³-hybridized carbons (Fsp3) is 0.0189. The van der Waals surface area contributed by atoms with Crippen molar-refractivity contribution in [3.8, 4) is 22.3 Å². The minimum Gasteiger partial charge on any atom is -0.310 e. The average Bonchev–Trinajstić information content (AvgIpc) is 3.89. The van der Waals surface area contributed by atoms with Crippen LogP contribution in [0.3, 0.4) is 0 Å². The minimum absolute atomic E-state index is 0. The molecule has 0 spiro atoms. The molecule has 0 aliphatic heterocycles. The predicted octanol–water partition coefficient (Wildman–Crippen LogP) is 14.8. The van der Waals surface area contributed by atoms with Crippen LogP contribution in [-0.4, -0.2) is 8.80 Å². The van der Waals surface area contributed by atoms with Crippen LogP contribution >= 0.6 is 0 Å². The van der Waals surface area contributed by atoms with Gasteiger partial charge in [0.1, 0.15) is 5.65 Å². The zero-order chi connectivity index (χ0) is 36.0. The Bertz CT molecular complexity index is 3280. The molecule has 0 aliphatic rings. The van der Waals surface area contributed by atoms with E-state index in [0.717, 1.165) is 17.1 Å². The van der Waals surface area contributed by atoms with E-state index in [0.29, 0.717) is 0 Å². The van der Waals surface area contributed by atoms with Gasteiger partial charge in [-0.15, -0.1) is 0 Å². The number of anilines is 3. The first kappa shape index (κ1) is 32.1. The Hall–Kier alpha value is -7.36. The summed E-state index contributed by atoms with van der Waals surface area (Å²) in [6.07, 6.45) is 0. The van der Waals surface area contributed by atoms with Crippen molar-refractivity contribution in [2.24, 2.45) is 0 Å². The molecular weight excluding hydrogens is 679 g/mol. The monoisotopic (exact) mass is 715 g/mol. The molecule has 0 saturated heterocycles. The molecule has 12 rings (SSSR count). The van der Waals surface area contributed by atoms with Crippen LogP contribution in [0.25, 0.3) is 87.7 Å². The molecule has 3 heteroatoms. The van der Waals surface area contributed by atoms with E-state index in [4.69, 9.17) is 0 Å². The van der Waals surface area contributed by atoms with E-state index < -0.39 is 0 Å². The van der Waals surface area contributed by atoms with Gasteiger partial charge in [-0.3, -0.25) is 8.80 Å². The number of aromatic nitrogens is 2. The third-order valence-corrected chi connectivity index (χ3v) is 11.6. The number of imidazole rings is 1. The summed E-state index contributed by atoms with van der Waals surface area (Å²) in [5.41, 5.74) is 14.3. The van der Waals surface area contributed by atoms with Gasteiger partial charge in [0, 0.05) is 33.2 Å². The van der Waals surface area contributed by atoms with Crippen molar-refractivity contribution in [1.82, 2.24) is 8.80 Å². The van der Waals surface area contributed by atoms with Gasteiger partial charge in [0.15, 0.2) is 0 Å². The van der Waals surface area contributed by atoms with E-state index in [2.05, 4.69) is 214 Å². The molecule has 0 saturated carbocycles. The Balaban J connectivity index is 0.00000363. The first-order valence-corrected chi connectivity index (χ1v) is 18.9. The molecule has 0 atom stereocenters. The quantitative estimate of drug-likeness (QED) is 0.173. The largest absolute Gasteiger partial charge is 0.310 e. The highest BCUT2D eigenvalue weighted by atomic mass is 15.2. The Labute approximate surface area is 324 Å². The SMILES string of the molecule is C.c1ccc2c(-c3ccc(N(c4ccc(-c5cccc6ccccc56)cc4)c4ccc5c(c4)n4c6ccccc6c6c7ccccc7n5c64)cc3)cccc2c1. The predicted molar refractivity (Wildman–Crippen MR) is 239 cm³/mol. The number of hydrogen-bond acceptors (Lipinski definition) is 1. The van der Waals surface area contributed by atoms with E-state index in [1.165, 1.54) is 87.7 Å². The molecule has 0 fully saturated rings. The van der Waals surface area contributed by atoms with E-state index in [1.807, 2.05) is 0 Å². The fourth-order valence-electron chi connectivity index (χ4n) is 9.19. The van der Waals surface area contributed by atoms with Gasteiger partial charge >= 0.3 is 0 Å². The van der Waals surface area contributed by atoms with Gasteiger partial charge < -0.3 is 4.90 Å². The van der Waals surface area contributed by atoms with Crippen LogP contribution in [0.2, 0.25) is 0 Å². The lowest BCUT2D eigenvalue weighted by Crippen LogP contribution is -2.10. The molecule has 0 aliphatic carbocycles. The molecule has 0 N–H and O–H groups in total. The first-order chi connectivity index (χ1) is 27.3. The van der Waals surface area contributed by atoms with Crippen molar-refractivity contribution in [3.63, 3.8) is 0 Å². The summed E-state index contributed by atoms with van der Waals surface area (Å²) in [6, 6.07) is 73.1. The van der Waals surface area contributed by atoms with Crippen molar-refractivity contribution >= 4 is 82.5 Å². The topological polar surface area (TPSA) is 12.1 Å². The van der Waals surface area contributed by atoms with Crippen LogP contribution < -0.4 is 4.90 Å². The van der Waals surface area contributed by atoms with Crippen LogP contribution in [0.4, 0.5) is 17.1 Å². The second kappa shape index (κ2) is 12.3. The van der Waals surface area contributed by atoms with Crippen molar-refractivity contribution < 1.29 is 0 Å². The van der Waals surface area contributed by atoms with Crippen LogP contribution in [0, 0.1) is 0 Å². The zero-order valence-electron chi connectivity index (χ0n) is 29.9. The third kappa shape index (κ3) is 4.58. The minimum atomic E-state index is 0. The lowest BCUT2D eigenvalue weighted by atomic mass is 9.97. The average molecular weight is 716 g/mol. The number of fused-ring (bicyclic) bond motifs is 11. The molecule has 0 amide bonds. The first-order valence-electron chi connectivity index (χ1n) is 18.9. The number of nitrogens with zero attached hydrogens (tertiary/aromatic N) is 3. The molecule has 3 nitrogen and oxygen atoms in total. The summed E-state index contributed by atoms with van der Waals surface area (Å²) in [5.74, 6) is 0. The maximum absolute atomic E-state index is 2.47. The molecule has 56 heavy (non-hydrogen) atoms.